The second-order valence-corrected chi connectivity index (χ2v) is 12.7. The van der Waals surface area contributed by atoms with Gasteiger partial charge in [-0.2, -0.15) is 0 Å². The van der Waals surface area contributed by atoms with Crippen molar-refractivity contribution in [3.05, 3.63) is 96.1 Å². The van der Waals surface area contributed by atoms with E-state index in [1.54, 1.807) is 0 Å². The molecule has 3 rings (SSSR count). The molecule has 2 aromatic carbocycles. The van der Waals surface area contributed by atoms with E-state index in [-0.39, 0.29) is 30.3 Å². The van der Waals surface area contributed by atoms with E-state index < -0.39 is 5.41 Å². The molecule has 1 aliphatic carbocycles. The summed E-state index contributed by atoms with van der Waals surface area (Å²) in [5, 5.41) is 5.84. The highest BCUT2D eigenvalue weighted by molar-refractivity contribution is 6.17. The average Bonchev–Trinajstić information content (AvgIpc) is 3.14. The lowest BCUT2D eigenvalue weighted by atomic mass is 9.59. The van der Waals surface area contributed by atoms with Gasteiger partial charge < -0.3 is 34.3 Å². The first kappa shape index (κ1) is 41.4. The van der Waals surface area contributed by atoms with Gasteiger partial charge >= 0.3 is 0 Å². The number of hydrogen-bond donors (Lipinski definition) is 2. The molecule has 0 saturated heterocycles. The fraction of sp³-hybridized carbons (Fsp3) is 0.550. The van der Waals surface area contributed by atoms with Crippen LogP contribution in [0, 0.1) is 11.8 Å². The third kappa shape index (κ3) is 15.5. The first-order valence-corrected chi connectivity index (χ1v) is 18.6. The zero-order chi connectivity index (χ0) is 35.5. The maximum Gasteiger partial charge on any atom is 0.246 e. The van der Waals surface area contributed by atoms with Gasteiger partial charge in [0, 0.05) is 37.4 Å². The number of nitrogens with one attached hydrogen (secondary N) is 2. The number of carbonyl (C=O) groups excluding carboxylic acids is 2. The number of benzene rings is 2. The summed E-state index contributed by atoms with van der Waals surface area (Å²) in [4.78, 5) is 25.4. The Labute approximate surface area is 304 Å². The fourth-order valence-electron chi connectivity index (χ4n) is 6.15. The van der Waals surface area contributed by atoms with Crippen molar-refractivity contribution >= 4 is 23.4 Å². The normalized spacial score (nSPS) is 15.6. The van der Waals surface area contributed by atoms with Crippen LogP contribution in [-0.4, -0.2) is 96.9 Å². The van der Waals surface area contributed by atoms with Crippen LogP contribution in [0.2, 0.25) is 0 Å². The van der Waals surface area contributed by atoms with Crippen LogP contribution in [-0.2, 0) is 38.7 Å². The third-order valence-corrected chi connectivity index (χ3v) is 8.92. The molecular weight excluding hydrogens is 656 g/mol. The van der Waals surface area contributed by atoms with Gasteiger partial charge in [0.05, 0.1) is 52.9 Å². The standard InChI is InChI=1S/C40H57ClN2O7/c1-34-14-10-11-19-37(34)40(35-15-6-4-7-16-35,36-17-8-5-9-18-36)32-38(44)42-21-24-47-28-29-49-30-31-50-33-39(45)43-22-25-48-27-26-46-23-13-3-2-12-20-41/h4-11,14-19,34,37H,2-3,12-13,20-33H2,1H3,(H,42,44)(H,43,45). The highest BCUT2D eigenvalue weighted by atomic mass is 35.5. The molecule has 0 aromatic heterocycles. The summed E-state index contributed by atoms with van der Waals surface area (Å²) in [5.41, 5.74) is 1.72. The molecule has 50 heavy (non-hydrogen) atoms. The predicted molar refractivity (Wildman–Crippen MR) is 199 cm³/mol. The maximum atomic E-state index is 13.5. The van der Waals surface area contributed by atoms with E-state index in [9.17, 15) is 9.59 Å². The average molecular weight is 713 g/mol. The van der Waals surface area contributed by atoms with Crippen molar-refractivity contribution < 1.29 is 33.3 Å². The Morgan fingerprint density at radius 2 is 1.12 bits per heavy atom. The van der Waals surface area contributed by atoms with Crippen molar-refractivity contribution in [1.82, 2.24) is 10.6 Å². The van der Waals surface area contributed by atoms with Gasteiger partial charge in [-0.1, -0.05) is 105 Å². The molecule has 0 fully saturated rings. The lowest BCUT2D eigenvalue weighted by Gasteiger charge is -2.43. The molecule has 2 atom stereocenters. The molecule has 2 amide bonds. The number of alkyl halides is 1. The second kappa shape index (κ2) is 25.8. The van der Waals surface area contributed by atoms with Gasteiger partial charge in [0.2, 0.25) is 11.8 Å². The molecule has 0 radical (unpaired) electrons. The summed E-state index contributed by atoms with van der Waals surface area (Å²) in [6, 6.07) is 20.7. The molecule has 2 aromatic rings. The quantitative estimate of drug-likeness (QED) is 0.0842. The van der Waals surface area contributed by atoms with Crippen LogP contribution < -0.4 is 10.6 Å². The Balaban J connectivity index is 1.23. The van der Waals surface area contributed by atoms with Crippen LogP contribution >= 0.6 is 11.6 Å². The topological polar surface area (TPSA) is 104 Å². The molecule has 2 unspecified atom stereocenters. The fourth-order valence-corrected chi connectivity index (χ4v) is 6.34. The monoisotopic (exact) mass is 712 g/mol. The molecule has 0 heterocycles. The number of ether oxygens (including phenoxy) is 5. The molecule has 2 N–H and O–H groups in total. The Kier molecular flexibility index (Phi) is 21.4. The Morgan fingerprint density at radius 1 is 0.620 bits per heavy atom. The zero-order valence-corrected chi connectivity index (χ0v) is 30.5. The molecule has 0 aliphatic heterocycles. The smallest absolute Gasteiger partial charge is 0.246 e. The van der Waals surface area contributed by atoms with Crippen LogP contribution in [0.15, 0.2) is 85.0 Å². The minimum absolute atomic E-state index is 0.0216. The number of halogens is 1. The summed E-state index contributed by atoms with van der Waals surface area (Å²) in [7, 11) is 0. The third-order valence-electron chi connectivity index (χ3n) is 8.66. The number of unbranched alkanes of at least 4 members (excludes halogenated alkanes) is 3. The number of rotatable bonds is 28. The van der Waals surface area contributed by atoms with Gasteiger partial charge in [-0.25, -0.2) is 0 Å². The highest BCUT2D eigenvalue weighted by Gasteiger charge is 2.44. The van der Waals surface area contributed by atoms with Gasteiger partial charge in [0.15, 0.2) is 0 Å². The molecule has 1 aliphatic rings. The zero-order valence-electron chi connectivity index (χ0n) is 29.7. The van der Waals surface area contributed by atoms with Crippen molar-refractivity contribution in [2.45, 2.75) is 44.4 Å². The molecule has 9 nitrogen and oxygen atoms in total. The first-order chi connectivity index (χ1) is 24.6. The van der Waals surface area contributed by atoms with Crippen LogP contribution in [0.5, 0.6) is 0 Å². The first-order valence-electron chi connectivity index (χ1n) is 18.0. The molecular formula is C40H57ClN2O7. The van der Waals surface area contributed by atoms with Gasteiger partial charge in [0.25, 0.3) is 0 Å². The molecule has 10 heteroatoms. The lowest BCUT2D eigenvalue weighted by Crippen LogP contribution is -2.44. The summed E-state index contributed by atoms with van der Waals surface area (Å²) in [5.74, 6) is 0.868. The second-order valence-electron chi connectivity index (χ2n) is 12.3. The summed E-state index contributed by atoms with van der Waals surface area (Å²) in [6.45, 7) is 7.05. The van der Waals surface area contributed by atoms with Gasteiger partial charge in [0.1, 0.15) is 6.61 Å². The van der Waals surface area contributed by atoms with Crippen molar-refractivity contribution in [3.63, 3.8) is 0 Å². The highest BCUT2D eigenvalue weighted by Crippen LogP contribution is 2.47. The van der Waals surface area contributed by atoms with Gasteiger partial charge in [-0.05, 0) is 35.8 Å². The van der Waals surface area contributed by atoms with Crippen LogP contribution in [0.3, 0.4) is 0 Å². The van der Waals surface area contributed by atoms with Crippen molar-refractivity contribution in [3.8, 4) is 0 Å². The van der Waals surface area contributed by atoms with Crippen molar-refractivity contribution in [1.29, 1.82) is 0 Å². The van der Waals surface area contributed by atoms with E-state index in [2.05, 4.69) is 66.1 Å². The summed E-state index contributed by atoms with van der Waals surface area (Å²) >= 11 is 5.66. The van der Waals surface area contributed by atoms with E-state index in [1.165, 1.54) is 0 Å². The van der Waals surface area contributed by atoms with E-state index in [1.807, 2.05) is 36.4 Å². The molecule has 0 bridgehead atoms. The Hall–Kier alpha value is -3.05. The summed E-state index contributed by atoms with van der Waals surface area (Å²) in [6.07, 6.45) is 13.3. The molecule has 276 valence electrons. The van der Waals surface area contributed by atoms with Crippen LogP contribution in [0.25, 0.3) is 0 Å². The van der Waals surface area contributed by atoms with E-state index >= 15 is 0 Å². The van der Waals surface area contributed by atoms with Crippen molar-refractivity contribution in [2.24, 2.45) is 11.8 Å². The summed E-state index contributed by atoms with van der Waals surface area (Å²) < 4.78 is 27.6. The Bertz CT molecular complexity index is 1210. The minimum atomic E-state index is -0.529. The van der Waals surface area contributed by atoms with Gasteiger partial charge in [-0.15, -0.1) is 11.6 Å². The van der Waals surface area contributed by atoms with Crippen molar-refractivity contribution in [2.75, 3.05) is 85.0 Å². The number of carbonyl (C=O) groups is 2. The van der Waals surface area contributed by atoms with E-state index in [0.29, 0.717) is 72.4 Å². The number of hydrogen-bond acceptors (Lipinski definition) is 7. The SMILES string of the molecule is CC1C=CC=CC1C(CC(=O)NCCOCCOCCOCC(=O)NCCOCCOCCCCCCCl)(c1ccccc1)c1ccccc1. The van der Waals surface area contributed by atoms with E-state index in [0.717, 1.165) is 49.3 Å². The molecule has 0 spiro atoms. The van der Waals surface area contributed by atoms with Crippen LogP contribution in [0.1, 0.15) is 50.2 Å². The molecule has 0 saturated carbocycles. The van der Waals surface area contributed by atoms with Crippen LogP contribution in [0.4, 0.5) is 0 Å². The number of amides is 2. The Morgan fingerprint density at radius 3 is 1.70 bits per heavy atom. The number of allylic oxidation sites excluding steroid dienone is 4. The lowest BCUT2D eigenvalue weighted by molar-refractivity contribution is -0.126. The minimum Gasteiger partial charge on any atom is -0.379 e. The predicted octanol–water partition coefficient (Wildman–Crippen LogP) is 5.86. The maximum absolute atomic E-state index is 13.5. The largest absolute Gasteiger partial charge is 0.379 e. The van der Waals surface area contributed by atoms with E-state index in [4.69, 9.17) is 35.3 Å². The van der Waals surface area contributed by atoms with Gasteiger partial charge in [-0.3, -0.25) is 9.59 Å².